The Morgan fingerprint density at radius 3 is 2.61 bits per heavy atom. The zero-order valence-corrected chi connectivity index (χ0v) is 13.1. The van der Waals surface area contributed by atoms with Crippen molar-refractivity contribution in [2.24, 2.45) is 11.7 Å². The minimum absolute atomic E-state index is 0.169. The number of rotatable bonds is 8. The van der Waals surface area contributed by atoms with Crippen LogP contribution >= 0.6 is 0 Å². The highest BCUT2D eigenvalue weighted by Gasteiger charge is 2.29. The standard InChI is InChI=1S/C11H16N4O4.C2H4O2/c1-7-9(15(17)18)10(11(12)16)14(13-7)4-5-19-6-8-2-3-8;1-4-2-3/h8H,2-6H2,1H3,(H2,12,16);2H,1H3. The molecule has 10 nitrogen and oxygen atoms in total. The van der Waals surface area contributed by atoms with Crippen LogP contribution in [0, 0.1) is 23.0 Å². The van der Waals surface area contributed by atoms with Gasteiger partial charge in [-0.15, -0.1) is 0 Å². The summed E-state index contributed by atoms with van der Waals surface area (Å²) in [4.78, 5) is 30.5. The molecule has 0 saturated heterocycles. The fraction of sp³-hybridized carbons (Fsp3) is 0.615. The number of aryl methyl sites for hydroxylation is 1. The third-order valence-corrected chi connectivity index (χ3v) is 3.11. The van der Waals surface area contributed by atoms with Crippen molar-refractivity contribution in [3.05, 3.63) is 21.5 Å². The van der Waals surface area contributed by atoms with Crippen molar-refractivity contribution >= 4 is 18.1 Å². The molecule has 1 aromatic heterocycles. The van der Waals surface area contributed by atoms with E-state index in [0.717, 1.165) is 0 Å². The molecule has 1 aliphatic rings. The number of aromatic nitrogens is 2. The molecule has 2 N–H and O–H groups in total. The van der Waals surface area contributed by atoms with E-state index >= 15 is 0 Å². The Morgan fingerprint density at radius 2 is 2.17 bits per heavy atom. The lowest BCUT2D eigenvalue weighted by atomic mass is 10.3. The summed E-state index contributed by atoms with van der Waals surface area (Å²) in [6, 6.07) is 0. The molecule has 2 rings (SSSR count). The number of hydrogen-bond donors (Lipinski definition) is 1. The van der Waals surface area contributed by atoms with E-state index in [-0.39, 0.29) is 23.6 Å². The molecule has 0 radical (unpaired) electrons. The first-order chi connectivity index (χ1) is 10.9. The zero-order valence-electron chi connectivity index (χ0n) is 13.1. The maximum Gasteiger partial charge on any atom is 0.322 e. The number of hydrogen-bond acceptors (Lipinski definition) is 7. The predicted octanol–water partition coefficient (Wildman–Crippen LogP) is 0.414. The number of nitro groups is 1. The van der Waals surface area contributed by atoms with Gasteiger partial charge in [0.25, 0.3) is 12.4 Å². The summed E-state index contributed by atoms with van der Waals surface area (Å²) in [6.07, 6.45) is 2.39. The van der Waals surface area contributed by atoms with Crippen LogP contribution in [-0.4, -0.2) is 47.4 Å². The van der Waals surface area contributed by atoms with E-state index in [1.807, 2.05) is 0 Å². The fourth-order valence-corrected chi connectivity index (χ4v) is 1.88. The molecule has 23 heavy (non-hydrogen) atoms. The fourth-order valence-electron chi connectivity index (χ4n) is 1.88. The van der Waals surface area contributed by atoms with E-state index in [0.29, 0.717) is 25.6 Å². The molecule has 0 unspecified atom stereocenters. The smallest absolute Gasteiger partial charge is 0.322 e. The number of carbonyl (C=O) groups is 2. The number of ether oxygens (including phenoxy) is 2. The Labute approximate surface area is 132 Å². The maximum atomic E-state index is 11.3. The summed E-state index contributed by atoms with van der Waals surface area (Å²) in [5, 5.41) is 14.9. The number of nitrogens with zero attached hydrogens (tertiary/aromatic N) is 3. The molecule has 0 bridgehead atoms. The van der Waals surface area contributed by atoms with Crippen LogP contribution in [0.5, 0.6) is 0 Å². The molecule has 1 aliphatic carbocycles. The number of nitrogens with two attached hydrogens (primary N) is 1. The molecule has 1 aromatic rings. The van der Waals surface area contributed by atoms with E-state index in [1.165, 1.54) is 31.6 Å². The van der Waals surface area contributed by atoms with Crippen LogP contribution in [0.2, 0.25) is 0 Å². The lowest BCUT2D eigenvalue weighted by Gasteiger charge is -2.05. The molecule has 0 spiro atoms. The van der Waals surface area contributed by atoms with Crippen molar-refractivity contribution in [1.82, 2.24) is 9.78 Å². The van der Waals surface area contributed by atoms with Gasteiger partial charge in [-0.2, -0.15) is 5.10 Å². The van der Waals surface area contributed by atoms with E-state index in [4.69, 9.17) is 15.3 Å². The van der Waals surface area contributed by atoms with Gasteiger partial charge < -0.3 is 15.2 Å². The highest BCUT2D eigenvalue weighted by atomic mass is 16.6. The third-order valence-electron chi connectivity index (χ3n) is 3.11. The van der Waals surface area contributed by atoms with Crippen molar-refractivity contribution in [2.75, 3.05) is 20.3 Å². The van der Waals surface area contributed by atoms with Crippen molar-refractivity contribution in [3.63, 3.8) is 0 Å². The second-order valence-corrected chi connectivity index (χ2v) is 4.98. The van der Waals surface area contributed by atoms with E-state index in [9.17, 15) is 14.9 Å². The molecule has 1 fully saturated rings. The summed E-state index contributed by atoms with van der Waals surface area (Å²) in [7, 11) is 1.31. The average Bonchev–Trinajstić information content (AvgIpc) is 3.25. The molecule has 0 atom stereocenters. The van der Waals surface area contributed by atoms with Crippen LogP contribution in [0.25, 0.3) is 0 Å². The third kappa shape index (κ3) is 5.66. The molecule has 1 heterocycles. The van der Waals surface area contributed by atoms with Gasteiger partial charge in [-0.3, -0.25) is 24.4 Å². The maximum absolute atomic E-state index is 11.3. The Balaban J connectivity index is 0.000000593. The quantitative estimate of drug-likeness (QED) is 0.315. The van der Waals surface area contributed by atoms with Gasteiger partial charge in [0.15, 0.2) is 0 Å². The van der Waals surface area contributed by atoms with Crippen LogP contribution < -0.4 is 5.73 Å². The summed E-state index contributed by atoms with van der Waals surface area (Å²) in [5.74, 6) is -0.209. The summed E-state index contributed by atoms with van der Waals surface area (Å²) >= 11 is 0. The van der Waals surface area contributed by atoms with E-state index < -0.39 is 10.8 Å². The molecule has 10 heteroatoms. The van der Waals surface area contributed by atoms with Crippen LogP contribution in [0.15, 0.2) is 0 Å². The first-order valence-corrected chi connectivity index (χ1v) is 6.98. The summed E-state index contributed by atoms with van der Waals surface area (Å²) in [5.41, 5.74) is 4.87. The SMILES string of the molecule is COC=O.Cc1nn(CCOCC2CC2)c(C(N)=O)c1[N+](=O)[O-]. The topological polar surface area (TPSA) is 140 Å². The van der Waals surface area contributed by atoms with Crippen molar-refractivity contribution < 1.29 is 24.0 Å². The lowest BCUT2D eigenvalue weighted by Crippen LogP contribution is -2.20. The van der Waals surface area contributed by atoms with Gasteiger partial charge in [-0.1, -0.05) is 0 Å². The van der Waals surface area contributed by atoms with Crippen molar-refractivity contribution in [3.8, 4) is 0 Å². The van der Waals surface area contributed by atoms with Gasteiger partial charge in [-0.25, -0.2) is 0 Å². The van der Waals surface area contributed by atoms with Crippen LogP contribution in [-0.2, 0) is 20.8 Å². The van der Waals surface area contributed by atoms with Gasteiger partial charge >= 0.3 is 5.69 Å². The second-order valence-electron chi connectivity index (χ2n) is 4.98. The minimum atomic E-state index is -0.852. The van der Waals surface area contributed by atoms with Crippen LogP contribution in [0.4, 0.5) is 5.69 Å². The second kappa shape index (κ2) is 8.83. The first kappa shape index (κ1) is 18.6. The van der Waals surface area contributed by atoms with Crippen molar-refractivity contribution in [1.29, 1.82) is 0 Å². The predicted molar refractivity (Wildman–Crippen MR) is 78.8 cm³/mol. The number of carbonyl (C=O) groups excluding carboxylic acids is 2. The van der Waals surface area contributed by atoms with Crippen LogP contribution in [0.1, 0.15) is 29.0 Å². The largest absolute Gasteiger partial charge is 0.471 e. The molecule has 128 valence electrons. The van der Waals surface area contributed by atoms with Crippen molar-refractivity contribution in [2.45, 2.75) is 26.3 Å². The van der Waals surface area contributed by atoms with Gasteiger partial charge in [0.1, 0.15) is 5.69 Å². The number of primary amides is 1. The van der Waals surface area contributed by atoms with E-state index in [2.05, 4.69) is 9.84 Å². The Hall–Kier alpha value is -2.49. The molecule has 1 amide bonds. The molecule has 0 aliphatic heterocycles. The number of amides is 1. The van der Waals surface area contributed by atoms with Gasteiger partial charge in [0, 0.05) is 6.61 Å². The number of methoxy groups -OCH3 is 1. The molecule has 1 saturated carbocycles. The van der Waals surface area contributed by atoms with Gasteiger partial charge in [-0.05, 0) is 25.7 Å². The van der Waals surface area contributed by atoms with E-state index in [1.54, 1.807) is 0 Å². The first-order valence-electron chi connectivity index (χ1n) is 6.98. The zero-order chi connectivity index (χ0) is 17.4. The molecular weight excluding hydrogens is 308 g/mol. The Morgan fingerprint density at radius 1 is 1.57 bits per heavy atom. The monoisotopic (exact) mass is 328 g/mol. The molecule has 0 aromatic carbocycles. The Kier molecular flexibility index (Phi) is 7.13. The minimum Gasteiger partial charge on any atom is -0.471 e. The summed E-state index contributed by atoms with van der Waals surface area (Å²) in [6.45, 7) is 3.18. The lowest BCUT2D eigenvalue weighted by molar-refractivity contribution is -0.385. The molecular formula is C13H20N4O6. The normalized spacial score (nSPS) is 13.0. The highest BCUT2D eigenvalue weighted by Crippen LogP contribution is 2.28. The highest BCUT2D eigenvalue weighted by molar-refractivity contribution is 5.95. The Bertz CT molecular complexity index is 567. The average molecular weight is 328 g/mol. The van der Waals surface area contributed by atoms with Gasteiger partial charge in [0.05, 0.1) is 25.2 Å². The van der Waals surface area contributed by atoms with Gasteiger partial charge in [0.2, 0.25) is 5.69 Å². The summed E-state index contributed by atoms with van der Waals surface area (Å²) < 4.78 is 10.5. The van der Waals surface area contributed by atoms with Crippen LogP contribution in [0.3, 0.4) is 0 Å².